The highest BCUT2D eigenvalue weighted by molar-refractivity contribution is 5.79. The largest absolute Gasteiger partial charge is 0.486 e. The van der Waals surface area contributed by atoms with Gasteiger partial charge in [-0.3, -0.25) is 4.99 Å². The minimum absolute atomic E-state index is 0.179. The molecule has 1 aliphatic rings. The molecule has 0 saturated heterocycles. The van der Waals surface area contributed by atoms with Crippen LogP contribution in [0.4, 0.5) is 4.39 Å². The van der Waals surface area contributed by atoms with E-state index >= 15 is 0 Å². The van der Waals surface area contributed by atoms with E-state index in [9.17, 15) is 4.39 Å². The Hall–Kier alpha value is -1.82. The van der Waals surface area contributed by atoms with Crippen LogP contribution >= 0.6 is 0 Å². The van der Waals surface area contributed by atoms with Crippen LogP contribution in [0.3, 0.4) is 0 Å². The zero-order valence-corrected chi connectivity index (χ0v) is 15.5. The SMILES string of the molecule is CN=C(NCC(C)Oc1ccccc1F)NCC1(CCOC)CCC1. The molecule has 1 unspecified atom stereocenters. The molecule has 0 heterocycles. The maximum absolute atomic E-state index is 13.6. The predicted octanol–water partition coefficient (Wildman–Crippen LogP) is 2.96. The van der Waals surface area contributed by atoms with Crippen molar-refractivity contribution in [2.75, 3.05) is 33.9 Å². The summed E-state index contributed by atoms with van der Waals surface area (Å²) in [7, 11) is 3.50. The van der Waals surface area contributed by atoms with E-state index in [4.69, 9.17) is 9.47 Å². The Morgan fingerprint density at radius 2 is 2.08 bits per heavy atom. The third kappa shape index (κ3) is 5.88. The van der Waals surface area contributed by atoms with Crippen molar-refractivity contribution < 1.29 is 13.9 Å². The second kappa shape index (κ2) is 9.61. The predicted molar refractivity (Wildman–Crippen MR) is 98.6 cm³/mol. The van der Waals surface area contributed by atoms with E-state index in [1.165, 1.54) is 25.3 Å². The van der Waals surface area contributed by atoms with E-state index in [1.54, 1.807) is 32.4 Å². The van der Waals surface area contributed by atoms with Gasteiger partial charge in [-0.25, -0.2) is 4.39 Å². The second-order valence-electron chi connectivity index (χ2n) is 6.76. The normalized spacial score (nSPS) is 17.5. The molecule has 1 aliphatic carbocycles. The number of methoxy groups -OCH3 is 1. The fourth-order valence-electron chi connectivity index (χ4n) is 3.04. The molecule has 140 valence electrons. The van der Waals surface area contributed by atoms with Crippen molar-refractivity contribution in [3.05, 3.63) is 30.1 Å². The fraction of sp³-hybridized carbons (Fsp3) is 0.632. The molecule has 2 N–H and O–H groups in total. The summed E-state index contributed by atoms with van der Waals surface area (Å²) in [5.74, 6) is 0.669. The van der Waals surface area contributed by atoms with Gasteiger partial charge in [-0.2, -0.15) is 0 Å². The van der Waals surface area contributed by atoms with E-state index in [-0.39, 0.29) is 17.7 Å². The summed E-state index contributed by atoms with van der Waals surface area (Å²) in [4.78, 5) is 4.26. The highest BCUT2D eigenvalue weighted by atomic mass is 19.1. The van der Waals surface area contributed by atoms with Gasteiger partial charge in [-0.05, 0) is 43.7 Å². The monoisotopic (exact) mass is 351 g/mol. The lowest BCUT2D eigenvalue weighted by Crippen LogP contribution is -2.48. The van der Waals surface area contributed by atoms with Gasteiger partial charge >= 0.3 is 0 Å². The van der Waals surface area contributed by atoms with Crippen molar-refractivity contribution in [2.45, 2.75) is 38.7 Å². The molecular formula is C19H30FN3O2. The molecule has 1 fully saturated rings. The average molecular weight is 351 g/mol. The summed E-state index contributed by atoms with van der Waals surface area (Å²) in [6.45, 7) is 4.12. The van der Waals surface area contributed by atoms with Gasteiger partial charge in [-0.1, -0.05) is 18.6 Å². The van der Waals surface area contributed by atoms with Gasteiger partial charge in [0, 0.05) is 27.3 Å². The first-order chi connectivity index (χ1) is 12.1. The third-order valence-corrected chi connectivity index (χ3v) is 4.83. The molecule has 1 aromatic carbocycles. The number of hydrogen-bond donors (Lipinski definition) is 2. The number of para-hydroxylation sites is 1. The zero-order chi connectivity index (χ0) is 18.1. The average Bonchev–Trinajstić information content (AvgIpc) is 2.58. The molecule has 2 rings (SSSR count). The molecule has 6 heteroatoms. The molecule has 0 bridgehead atoms. The first kappa shape index (κ1) is 19.5. The number of nitrogens with one attached hydrogen (secondary N) is 2. The number of nitrogens with zero attached hydrogens (tertiary/aromatic N) is 1. The molecule has 5 nitrogen and oxygen atoms in total. The smallest absolute Gasteiger partial charge is 0.191 e. The molecule has 0 amide bonds. The highest BCUT2D eigenvalue weighted by Crippen LogP contribution is 2.43. The highest BCUT2D eigenvalue weighted by Gasteiger charge is 2.36. The Balaban J connectivity index is 1.75. The van der Waals surface area contributed by atoms with Crippen LogP contribution in [-0.4, -0.2) is 45.9 Å². The molecule has 0 radical (unpaired) electrons. The van der Waals surface area contributed by atoms with Crippen LogP contribution in [-0.2, 0) is 4.74 Å². The Morgan fingerprint density at radius 1 is 1.32 bits per heavy atom. The lowest BCUT2D eigenvalue weighted by atomic mass is 9.67. The molecule has 1 saturated carbocycles. The maximum atomic E-state index is 13.6. The van der Waals surface area contributed by atoms with E-state index in [1.807, 2.05) is 6.92 Å². The van der Waals surface area contributed by atoms with Crippen molar-refractivity contribution in [3.63, 3.8) is 0 Å². The maximum Gasteiger partial charge on any atom is 0.191 e. The van der Waals surface area contributed by atoms with Gasteiger partial charge in [-0.15, -0.1) is 0 Å². The van der Waals surface area contributed by atoms with Crippen LogP contribution in [0.5, 0.6) is 5.75 Å². The number of halogens is 1. The number of benzene rings is 1. The van der Waals surface area contributed by atoms with Crippen molar-refractivity contribution in [1.82, 2.24) is 10.6 Å². The van der Waals surface area contributed by atoms with E-state index in [2.05, 4.69) is 15.6 Å². The molecule has 0 spiro atoms. The lowest BCUT2D eigenvalue weighted by molar-refractivity contribution is 0.0732. The quantitative estimate of drug-likeness (QED) is 0.530. The first-order valence-corrected chi connectivity index (χ1v) is 8.93. The Kier molecular flexibility index (Phi) is 7.50. The van der Waals surface area contributed by atoms with Crippen LogP contribution in [0.25, 0.3) is 0 Å². The van der Waals surface area contributed by atoms with Gasteiger partial charge in [0.25, 0.3) is 0 Å². The summed E-state index contributed by atoms with van der Waals surface area (Å²) in [5, 5.41) is 6.65. The number of rotatable bonds is 9. The van der Waals surface area contributed by atoms with Gasteiger partial charge in [0.2, 0.25) is 0 Å². The van der Waals surface area contributed by atoms with E-state index in [0.717, 1.165) is 25.5 Å². The second-order valence-corrected chi connectivity index (χ2v) is 6.76. The molecule has 1 aromatic rings. The summed E-state index contributed by atoms with van der Waals surface area (Å²) >= 11 is 0. The van der Waals surface area contributed by atoms with Crippen molar-refractivity contribution in [3.8, 4) is 5.75 Å². The third-order valence-electron chi connectivity index (χ3n) is 4.83. The molecule has 1 atom stereocenters. The standard InChI is InChI=1S/C19H30FN3O2/c1-15(25-17-8-5-4-7-16(17)20)13-22-18(21-2)23-14-19(9-6-10-19)11-12-24-3/h4-5,7-8,15H,6,9-14H2,1-3H3,(H2,21,22,23). The fourth-order valence-corrected chi connectivity index (χ4v) is 3.04. The Bertz CT molecular complexity index is 561. The summed E-state index contributed by atoms with van der Waals surface area (Å²) in [5.41, 5.74) is 0.322. The van der Waals surface area contributed by atoms with E-state index in [0.29, 0.717) is 12.0 Å². The summed E-state index contributed by atoms with van der Waals surface area (Å²) in [6, 6.07) is 6.44. The van der Waals surface area contributed by atoms with Crippen LogP contribution in [0, 0.1) is 11.2 Å². The summed E-state index contributed by atoms with van der Waals surface area (Å²) in [6.07, 6.45) is 4.63. The minimum Gasteiger partial charge on any atom is -0.486 e. The molecule has 0 aromatic heterocycles. The molecule has 25 heavy (non-hydrogen) atoms. The first-order valence-electron chi connectivity index (χ1n) is 8.93. The molecular weight excluding hydrogens is 321 g/mol. The van der Waals surface area contributed by atoms with Crippen LogP contribution < -0.4 is 15.4 Å². The van der Waals surface area contributed by atoms with Crippen molar-refractivity contribution in [2.24, 2.45) is 10.4 Å². The number of hydrogen-bond acceptors (Lipinski definition) is 3. The topological polar surface area (TPSA) is 54.9 Å². The van der Waals surface area contributed by atoms with Crippen LogP contribution in [0.2, 0.25) is 0 Å². The van der Waals surface area contributed by atoms with Crippen LogP contribution in [0.15, 0.2) is 29.3 Å². The van der Waals surface area contributed by atoms with E-state index < -0.39 is 0 Å². The zero-order valence-electron chi connectivity index (χ0n) is 15.5. The van der Waals surface area contributed by atoms with Gasteiger partial charge in [0.05, 0.1) is 6.54 Å². The van der Waals surface area contributed by atoms with Crippen molar-refractivity contribution >= 4 is 5.96 Å². The lowest BCUT2D eigenvalue weighted by Gasteiger charge is -2.42. The van der Waals surface area contributed by atoms with Gasteiger partial charge in [0.1, 0.15) is 6.10 Å². The van der Waals surface area contributed by atoms with Crippen molar-refractivity contribution in [1.29, 1.82) is 0 Å². The number of guanidine groups is 1. The minimum atomic E-state index is -0.345. The number of aliphatic imine (C=N–C) groups is 1. The summed E-state index contributed by atoms with van der Waals surface area (Å²) < 4.78 is 24.5. The van der Waals surface area contributed by atoms with Gasteiger partial charge in [0.15, 0.2) is 17.5 Å². The molecule has 0 aliphatic heterocycles. The Labute approximate surface area is 150 Å². The number of ether oxygens (including phenoxy) is 2. The van der Waals surface area contributed by atoms with Crippen LogP contribution in [0.1, 0.15) is 32.6 Å². The Morgan fingerprint density at radius 3 is 2.68 bits per heavy atom. The van der Waals surface area contributed by atoms with Gasteiger partial charge < -0.3 is 20.1 Å².